The van der Waals surface area contributed by atoms with Gasteiger partial charge in [-0.1, -0.05) is 0 Å². The number of hydrogen-bond acceptors (Lipinski definition) is 9. The molecule has 36 heavy (non-hydrogen) atoms. The van der Waals surface area contributed by atoms with E-state index in [1.807, 2.05) is 23.1 Å². The Kier molecular flexibility index (Phi) is 5.76. The number of ether oxygens (including phenoxy) is 2. The molecule has 0 radical (unpaired) electrons. The Morgan fingerprint density at radius 2 is 2.14 bits per heavy atom. The molecule has 0 unspecified atom stereocenters. The van der Waals surface area contributed by atoms with E-state index >= 15 is 0 Å². The van der Waals surface area contributed by atoms with Gasteiger partial charge in [-0.3, -0.25) is 14.7 Å². The van der Waals surface area contributed by atoms with Crippen LogP contribution in [-0.4, -0.2) is 73.2 Å². The zero-order chi connectivity index (χ0) is 24.8. The molecule has 3 aliphatic rings. The molecule has 2 aromatic heterocycles. The number of nitrogens with one attached hydrogen (secondary N) is 2. The van der Waals surface area contributed by atoms with Crippen molar-refractivity contribution in [2.75, 3.05) is 54.2 Å². The molecule has 2 amide bonds. The molecule has 2 fully saturated rings. The summed E-state index contributed by atoms with van der Waals surface area (Å²) in [5, 5.41) is 6.33. The molecular formula is C24H23FN6O4S. The third-order valence-corrected chi connectivity index (χ3v) is 7.57. The second-order valence-electron chi connectivity index (χ2n) is 8.80. The molecule has 1 aromatic carbocycles. The van der Waals surface area contributed by atoms with Gasteiger partial charge in [-0.25, -0.2) is 14.2 Å². The normalized spacial score (nSPS) is 19.7. The summed E-state index contributed by atoms with van der Waals surface area (Å²) in [6, 6.07) is 8.94. The van der Waals surface area contributed by atoms with Crippen molar-refractivity contribution in [2.45, 2.75) is 17.0 Å². The second kappa shape index (κ2) is 9.10. The van der Waals surface area contributed by atoms with E-state index in [0.29, 0.717) is 59.4 Å². The van der Waals surface area contributed by atoms with Crippen LogP contribution < -0.4 is 25.2 Å². The maximum absolute atomic E-state index is 14.7. The van der Waals surface area contributed by atoms with E-state index in [-0.39, 0.29) is 24.6 Å². The van der Waals surface area contributed by atoms with Gasteiger partial charge in [-0.2, -0.15) is 0 Å². The fraction of sp³-hybridized carbons (Fsp3) is 0.333. The molecule has 12 heteroatoms. The number of amides is 2. The first kappa shape index (κ1) is 22.8. The topological polar surface area (TPSA) is 109 Å². The van der Waals surface area contributed by atoms with Crippen LogP contribution in [0.15, 0.2) is 41.4 Å². The van der Waals surface area contributed by atoms with Crippen molar-refractivity contribution in [2.24, 2.45) is 0 Å². The first-order valence-electron chi connectivity index (χ1n) is 11.5. The highest BCUT2D eigenvalue weighted by Gasteiger charge is 2.37. The molecule has 186 valence electrons. The number of thioether (sulfide) groups is 1. The molecule has 0 spiro atoms. The molecular weight excluding hydrogens is 487 g/mol. The number of hydrogen-bond donors (Lipinski definition) is 2. The lowest BCUT2D eigenvalue weighted by Crippen LogP contribution is -2.60. The standard InChI is InChI=1S/C24H23FN6O4S/c1-34-21-5-3-17-22(29-21)23(16(25)8-27-17)30-9-13(10-30)26-7-15-11-35-24(33)31(15)14-2-4-19-18(6-14)28-20(32)12-36-19/h2-6,8,13,15,26H,7,9-12H2,1H3,(H,28,32)/t15-/m0/s1. The van der Waals surface area contributed by atoms with Crippen molar-refractivity contribution in [1.82, 2.24) is 15.3 Å². The predicted octanol–water partition coefficient (Wildman–Crippen LogP) is 2.63. The van der Waals surface area contributed by atoms with Crippen LogP contribution in [0.5, 0.6) is 5.88 Å². The van der Waals surface area contributed by atoms with E-state index in [1.54, 1.807) is 17.0 Å². The van der Waals surface area contributed by atoms with E-state index in [0.717, 1.165) is 4.90 Å². The summed E-state index contributed by atoms with van der Waals surface area (Å²) in [4.78, 5) is 37.3. The van der Waals surface area contributed by atoms with Gasteiger partial charge >= 0.3 is 6.09 Å². The van der Waals surface area contributed by atoms with Crippen LogP contribution in [0.25, 0.3) is 11.0 Å². The Hall–Kier alpha value is -3.64. The van der Waals surface area contributed by atoms with Gasteiger partial charge < -0.3 is 25.0 Å². The van der Waals surface area contributed by atoms with Crippen molar-refractivity contribution < 1.29 is 23.5 Å². The summed E-state index contributed by atoms with van der Waals surface area (Å²) in [5.74, 6) is 0.290. The monoisotopic (exact) mass is 510 g/mol. The number of carbonyl (C=O) groups is 2. The lowest BCUT2D eigenvalue weighted by Gasteiger charge is -2.42. The Bertz CT molecular complexity index is 1370. The van der Waals surface area contributed by atoms with Crippen molar-refractivity contribution in [3.05, 3.63) is 42.3 Å². The van der Waals surface area contributed by atoms with Gasteiger partial charge in [0.1, 0.15) is 17.8 Å². The van der Waals surface area contributed by atoms with E-state index in [1.165, 1.54) is 25.1 Å². The molecule has 6 rings (SSSR count). The zero-order valence-electron chi connectivity index (χ0n) is 19.4. The van der Waals surface area contributed by atoms with Crippen LogP contribution in [0.2, 0.25) is 0 Å². The van der Waals surface area contributed by atoms with Crippen LogP contribution in [0.3, 0.4) is 0 Å². The molecule has 0 saturated carbocycles. The van der Waals surface area contributed by atoms with E-state index in [4.69, 9.17) is 9.47 Å². The Morgan fingerprint density at radius 1 is 1.28 bits per heavy atom. The maximum Gasteiger partial charge on any atom is 0.414 e. The number of methoxy groups -OCH3 is 1. The van der Waals surface area contributed by atoms with Crippen LogP contribution in [0, 0.1) is 5.82 Å². The van der Waals surface area contributed by atoms with Gasteiger partial charge in [0.15, 0.2) is 5.82 Å². The summed E-state index contributed by atoms with van der Waals surface area (Å²) >= 11 is 1.47. The highest BCUT2D eigenvalue weighted by atomic mass is 32.2. The minimum atomic E-state index is -0.430. The number of anilines is 3. The van der Waals surface area contributed by atoms with Crippen LogP contribution in [0.1, 0.15) is 0 Å². The minimum Gasteiger partial charge on any atom is -0.481 e. The van der Waals surface area contributed by atoms with Gasteiger partial charge in [-0.15, -0.1) is 11.8 Å². The zero-order valence-corrected chi connectivity index (χ0v) is 20.2. The molecule has 2 N–H and O–H groups in total. The summed E-state index contributed by atoms with van der Waals surface area (Å²) < 4.78 is 25.2. The van der Waals surface area contributed by atoms with Gasteiger partial charge in [0.2, 0.25) is 11.8 Å². The van der Waals surface area contributed by atoms with E-state index < -0.39 is 11.9 Å². The fourth-order valence-corrected chi connectivity index (χ4v) is 5.46. The first-order valence-corrected chi connectivity index (χ1v) is 12.5. The van der Waals surface area contributed by atoms with Crippen LogP contribution in [-0.2, 0) is 9.53 Å². The fourth-order valence-electron chi connectivity index (χ4n) is 4.67. The summed E-state index contributed by atoms with van der Waals surface area (Å²) in [6.07, 6.45) is 0.794. The summed E-state index contributed by atoms with van der Waals surface area (Å²) in [7, 11) is 1.52. The number of pyridine rings is 2. The molecule has 0 bridgehead atoms. The lowest BCUT2D eigenvalue weighted by molar-refractivity contribution is -0.113. The van der Waals surface area contributed by atoms with Crippen LogP contribution in [0.4, 0.5) is 26.2 Å². The molecule has 1 atom stereocenters. The minimum absolute atomic E-state index is 0.0616. The van der Waals surface area contributed by atoms with Gasteiger partial charge in [0.25, 0.3) is 0 Å². The van der Waals surface area contributed by atoms with Gasteiger partial charge in [-0.05, 0) is 24.3 Å². The first-order chi connectivity index (χ1) is 17.5. The number of cyclic esters (lactones) is 1. The SMILES string of the molecule is COc1ccc2ncc(F)c(N3CC(NC[C@H]4COC(=O)N4c4ccc5c(c4)NC(=O)CS5)C3)c2n1. The quantitative estimate of drug-likeness (QED) is 0.517. The number of halogens is 1. The number of fused-ring (bicyclic) bond motifs is 2. The maximum atomic E-state index is 14.7. The second-order valence-corrected chi connectivity index (χ2v) is 9.82. The van der Waals surface area contributed by atoms with E-state index in [2.05, 4.69) is 20.6 Å². The third-order valence-electron chi connectivity index (χ3n) is 6.50. The molecule has 3 aromatic rings. The largest absolute Gasteiger partial charge is 0.481 e. The van der Waals surface area contributed by atoms with Gasteiger partial charge in [0.05, 0.1) is 36.3 Å². The number of nitrogens with zero attached hydrogens (tertiary/aromatic N) is 4. The number of aromatic nitrogens is 2. The van der Waals surface area contributed by atoms with Crippen molar-refractivity contribution >= 4 is 51.9 Å². The third kappa shape index (κ3) is 4.05. The smallest absolute Gasteiger partial charge is 0.414 e. The Labute approximate surface area is 210 Å². The number of carbonyl (C=O) groups excluding carboxylic acids is 2. The highest BCUT2D eigenvalue weighted by molar-refractivity contribution is 8.00. The summed E-state index contributed by atoms with van der Waals surface area (Å²) in [5.41, 5.74) is 2.84. The molecule has 5 heterocycles. The highest BCUT2D eigenvalue weighted by Crippen LogP contribution is 2.36. The molecule has 3 aliphatic heterocycles. The lowest BCUT2D eigenvalue weighted by atomic mass is 10.1. The molecule has 0 aliphatic carbocycles. The average Bonchev–Trinajstić information content (AvgIpc) is 3.23. The predicted molar refractivity (Wildman–Crippen MR) is 133 cm³/mol. The Morgan fingerprint density at radius 3 is 2.97 bits per heavy atom. The Balaban J connectivity index is 1.12. The average molecular weight is 511 g/mol. The molecule has 2 saturated heterocycles. The number of rotatable bonds is 6. The number of benzene rings is 1. The summed E-state index contributed by atoms with van der Waals surface area (Å²) in [6.45, 7) is 1.93. The van der Waals surface area contributed by atoms with E-state index in [9.17, 15) is 14.0 Å². The van der Waals surface area contributed by atoms with Crippen molar-refractivity contribution in [3.63, 3.8) is 0 Å². The van der Waals surface area contributed by atoms with Gasteiger partial charge in [0, 0.05) is 42.3 Å². The van der Waals surface area contributed by atoms with Crippen LogP contribution >= 0.6 is 11.8 Å². The molecule has 10 nitrogen and oxygen atoms in total. The van der Waals surface area contributed by atoms with Crippen molar-refractivity contribution in [1.29, 1.82) is 0 Å². The van der Waals surface area contributed by atoms with Crippen molar-refractivity contribution in [3.8, 4) is 5.88 Å².